The van der Waals surface area contributed by atoms with Crippen molar-refractivity contribution in [1.82, 2.24) is 4.31 Å². The lowest BCUT2D eigenvalue weighted by molar-refractivity contribution is 0.258. The van der Waals surface area contributed by atoms with Crippen molar-refractivity contribution in [2.24, 2.45) is 5.73 Å². The first-order valence-corrected chi connectivity index (χ1v) is 8.63. The van der Waals surface area contributed by atoms with Gasteiger partial charge >= 0.3 is 0 Å². The SMILES string of the molecule is NC[C@@H]1CCCCN1S(=O)(=O)c1sccc1Br. The second kappa shape index (κ2) is 5.36. The van der Waals surface area contributed by atoms with Gasteiger partial charge in [-0.15, -0.1) is 11.3 Å². The molecule has 1 aromatic heterocycles. The number of hydrogen-bond donors (Lipinski definition) is 1. The summed E-state index contributed by atoms with van der Waals surface area (Å²) in [5, 5.41) is 1.78. The summed E-state index contributed by atoms with van der Waals surface area (Å²) in [7, 11) is -3.39. The Morgan fingerprint density at radius 2 is 2.29 bits per heavy atom. The van der Waals surface area contributed by atoms with Crippen LogP contribution in [-0.4, -0.2) is 31.9 Å². The number of hydrogen-bond acceptors (Lipinski definition) is 4. The number of piperidine rings is 1. The molecular formula is C10H15BrN2O2S2. The van der Waals surface area contributed by atoms with E-state index in [4.69, 9.17) is 5.73 Å². The fourth-order valence-electron chi connectivity index (χ4n) is 2.10. The average molecular weight is 339 g/mol. The van der Waals surface area contributed by atoms with E-state index in [1.807, 2.05) is 0 Å². The highest BCUT2D eigenvalue weighted by Gasteiger charge is 2.34. The predicted octanol–water partition coefficient (Wildman–Crippen LogP) is 2.01. The first-order chi connectivity index (χ1) is 8.07. The Balaban J connectivity index is 2.34. The monoisotopic (exact) mass is 338 g/mol. The fourth-order valence-corrected chi connectivity index (χ4v) is 6.23. The lowest BCUT2D eigenvalue weighted by atomic mass is 10.1. The van der Waals surface area contributed by atoms with Crippen LogP contribution in [0.15, 0.2) is 20.1 Å². The van der Waals surface area contributed by atoms with Gasteiger partial charge in [-0.2, -0.15) is 4.31 Å². The molecule has 1 atom stereocenters. The summed E-state index contributed by atoms with van der Waals surface area (Å²) >= 11 is 4.53. The van der Waals surface area contributed by atoms with Crippen molar-refractivity contribution in [2.45, 2.75) is 29.5 Å². The first kappa shape index (κ1) is 13.5. The Kier molecular flexibility index (Phi) is 4.25. The number of halogens is 1. The maximum Gasteiger partial charge on any atom is 0.253 e. The van der Waals surface area contributed by atoms with Crippen LogP contribution >= 0.6 is 27.3 Å². The minimum absolute atomic E-state index is 0.0530. The van der Waals surface area contributed by atoms with Crippen molar-refractivity contribution in [3.05, 3.63) is 15.9 Å². The number of sulfonamides is 1. The van der Waals surface area contributed by atoms with E-state index in [9.17, 15) is 8.42 Å². The fraction of sp³-hybridized carbons (Fsp3) is 0.600. The lowest BCUT2D eigenvalue weighted by Crippen LogP contribution is -2.47. The van der Waals surface area contributed by atoms with Gasteiger partial charge in [0.1, 0.15) is 4.21 Å². The maximum atomic E-state index is 12.5. The number of thiophene rings is 1. The molecule has 7 heteroatoms. The normalized spacial score (nSPS) is 22.8. The zero-order valence-corrected chi connectivity index (χ0v) is 12.5. The van der Waals surface area contributed by atoms with Gasteiger partial charge in [-0.3, -0.25) is 0 Å². The highest BCUT2D eigenvalue weighted by atomic mass is 79.9. The second-order valence-corrected chi connectivity index (χ2v) is 7.91. The Morgan fingerprint density at radius 1 is 1.53 bits per heavy atom. The van der Waals surface area contributed by atoms with Crippen LogP contribution in [0.25, 0.3) is 0 Å². The van der Waals surface area contributed by atoms with E-state index >= 15 is 0 Å². The van der Waals surface area contributed by atoms with Crippen LogP contribution in [0.2, 0.25) is 0 Å². The molecule has 0 unspecified atom stereocenters. The molecule has 0 saturated carbocycles. The van der Waals surface area contributed by atoms with Gasteiger partial charge in [0.05, 0.1) is 0 Å². The summed E-state index contributed by atoms with van der Waals surface area (Å²) < 4.78 is 27.6. The molecule has 2 N–H and O–H groups in total. The van der Waals surface area contributed by atoms with Gasteiger partial charge in [-0.1, -0.05) is 6.42 Å². The van der Waals surface area contributed by atoms with Crippen LogP contribution in [-0.2, 0) is 10.0 Å². The molecule has 0 spiro atoms. The molecule has 0 radical (unpaired) electrons. The summed E-state index contributed by atoms with van der Waals surface area (Å²) in [6.45, 7) is 0.969. The van der Waals surface area contributed by atoms with E-state index in [0.717, 1.165) is 19.3 Å². The Bertz CT molecular complexity index is 486. The molecule has 96 valence electrons. The topological polar surface area (TPSA) is 63.4 Å². The Labute approximate surface area is 114 Å². The van der Waals surface area contributed by atoms with Gasteiger partial charge < -0.3 is 5.73 Å². The van der Waals surface area contributed by atoms with Gasteiger partial charge in [-0.25, -0.2) is 8.42 Å². The lowest BCUT2D eigenvalue weighted by Gasteiger charge is -2.33. The van der Waals surface area contributed by atoms with Crippen LogP contribution in [0.4, 0.5) is 0 Å². The molecule has 2 heterocycles. The highest BCUT2D eigenvalue weighted by Crippen LogP contribution is 2.33. The highest BCUT2D eigenvalue weighted by molar-refractivity contribution is 9.10. The van der Waals surface area contributed by atoms with Crippen LogP contribution < -0.4 is 5.73 Å². The van der Waals surface area contributed by atoms with Crippen molar-refractivity contribution in [1.29, 1.82) is 0 Å². The summed E-state index contributed by atoms with van der Waals surface area (Å²) in [5.74, 6) is 0. The molecule has 1 aliphatic heterocycles. The van der Waals surface area contributed by atoms with Gasteiger partial charge in [0.25, 0.3) is 10.0 Å². The van der Waals surface area contributed by atoms with Crippen molar-refractivity contribution in [3.8, 4) is 0 Å². The van der Waals surface area contributed by atoms with Crippen molar-refractivity contribution in [3.63, 3.8) is 0 Å². The molecule has 0 bridgehead atoms. The van der Waals surface area contributed by atoms with E-state index in [0.29, 0.717) is 21.8 Å². The first-order valence-electron chi connectivity index (χ1n) is 5.52. The van der Waals surface area contributed by atoms with Gasteiger partial charge in [0.2, 0.25) is 0 Å². The molecule has 1 saturated heterocycles. The number of nitrogens with zero attached hydrogens (tertiary/aromatic N) is 1. The van der Waals surface area contributed by atoms with E-state index in [2.05, 4.69) is 15.9 Å². The number of nitrogens with two attached hydrogens (primary N) is 1. The molecular weight excluding hydrogens is 324 g/mol. The molecule has 4 nitrogen and oxygen atoms in total. The van der Waals surface area contributed by atoms with Crippen LogP contribution in [0.1, 0.15) is 19.3 Å². The molecule has 1 fully saturated rings. The molecule has 17 heavy (non-hydrogen) atoms. The molecule has 0 aromatic carbocycles. The minimum Gasteiger partial charge on any atom is -0.329 e. The molecule has 1 aromatic rings. The summed E-state index contributed by atoms with van der Waals surface area (Å²) in [5.41, 5.74) is 5.67. The predicted molar refractivity (Wildman–Crippen MR) is 72.6 cm³/mol. The van der Waals surface area contributed by atoms with E-state index in [1.54, 1.807) is 15.8 Å². The van der Waals surface area contributed by atoms with Crippen molar-refractivity contribution in [2.75, 3.05) is 13.1 Å². The molecule has 0 amide bonds. The summed E-state index contributed by atoms with van der Waals surface area (Å²) in [6, 6.07) is 1.71. The summed E-state index contributed by atoms with van der Waals surface area (Å²) in [6.07, 6.45) is 2.83. The van der Waals surface area contributed by atoms with Crippen LogP contribution in [0.3, 0.4) is 0 Å². The summed E-state index contributed by atoms with van der Waals surface area (Å²) in [4.78, 5) is 0. The van der Waals surface area contributed by atoms with Gasteiger partial charge in [0.15, 0.2) is 0 Å². The largest absolute Gasteiger partial charge is 0.329 e. The van der Waals surface area contributed by atoms with E-state index in [-0.39, 0.29) is 6.04 Å². The molecule has 0 aliphatic carbocycles. The maximum absolute atomic E-state index is 12.5. The third-order valence-corrected chi connectivity index (χ3v) is 7.57. The minimum atomic E-state index is -3.39. The Hall–Kier alpha value is 0.0500. The average Bonchev–Trinajstić information content (AvgIpc) is 2.76. The van der Waals surface area contributed by atoms with E-state index in [1.165, 1.54) is 11.3 Å². The quantitative estimate of drug-likeness (QED) is 0.916. The zero-order valence-electron chi connectivity index (χ0n) is 9.30. The Morgan fingerprint density at radius 3 is 2.88 bits per heavy atom. The second-order valence-electron chi connectivity index (χ2n) is 4.06. The molecule has 2 rings (SSSR count). The molecule has 1 aliphatic rings. The number of rotatable bonds is 3. The van der Waals surface area contributed by atoms with Crippen LogP contribution in [0.5, 0.6) is 0 Å². The van der Waals surface area contributed by atoms with Gasteiger partial charge in [-0.05, 0) is 40.2 Å². The van der Waals surface area contributed by atoms with Crippen molar-refractivity contribution >= 4 is 37.3 Å². The third kappa shape index (κ3) is 2.58. The standard InChI is InChI=1S/C10H15BrN2O2S2/c11-9-4-6-16-10(9)17(14,15)13-5-2-1-3-8(13)7-12/h4,6,8H,1-3,5,7,12H2/t8-/m0/s1. The smallest absolute Gasteiger partial charge is 0.253 e. The zero-order chi connectivity index (χ0) is 12.5. The van der Waals surface area contributed by atoms with Crippen LogP contribution in [0, 0.1) is 0 Å². The van der Waals surface area contributed by atoms with E-state index < -0.39 is 10.0 Å². The third-order valence-electron chi connectivity index (χ3n) is 2.97. The van der Waals surface area contributed by atoms with Gasteiger partial charge in [0, 0.05) is 23.6 Å². The van der Waals surface area contributed by atoms with Crippen molar-refractivity contribution < 1.29 is 8.42 Å².